The lowest BCUT2D eigenvalue weighted by atomic mass is 9.92. The van der Waals surface area contributed by atoms with Gasteiger partial charge in [0, 0.05) is 17.7 Å². The standard InChI is InChI=1S/C28H30ClFN2O5.C2H6/c1-36-23-11-12-25(32-26(23)18-7-10-22(30)21(29)14-18)28(35,20-8-9-20)16-31-27(34)19-6-5-17(4-3-13-33)24(15-19)37-2;1-2/h5-7,10-12,14-15,20,33,35H,3-4,8-9,13,16H2,1-2H3,(H,31,34);1-2H3. The zero-order chi connectivity index (χ0) is 28.6. The maximum absolute atomic E-state index is 13.7. The fraction of sp³-hybridized carbons (Fsp3) is 0.400. The highest BCUT2D eigenvalue weighted by Gasteiger charge is 2.46. The van der Waals surface area contributed by atoms with Crippen molar-refractivity contribution in [1.29, 1.82) is 0 Å². The number of nitrogens with one attached hydrogen (secondary N) is 1. The van der Waals surface area contributed by atoms with Gasteiger partial charge < -0.3 is 25.0 Å². The number of ether oxygens (including phenoxy) is 2. The number of benzene rings is 2. The first kappa shape index (κ1) is 30.3. The molecule has 1 aliphatic rings. The summed E-state index contributed by atoms with van der Waals surface area (Å²) < 4.78 is 24.6. The molecule has 3 N–H and O–H groups in total. The average molecular weight is 559 g/mol. The molecule has 1 aliphatic carbocycles. The Labute approximate surface area is 234 Å². The number of aryl methyl sites for hydroxylation is 1. The van der Waals surface area contributed by atoms with Gasteiger partial charge in [-0.25, -0.2) is 9.37 Å². The van der Waals surface area contributed by atoms with Gasteiger partial charge in [0.05, 0.1) is 31.5 Å². The fourth-order valence-corrected chi connectivity index (χ4v) is 4.57. The van der Waals surface area contributed by atoms with Crippen LogP contribution in [0.15, 0.2) is 48.5 Å². The molecule has 0 saturated heterocycles. The molecule has 39 heavy (non-hydrogen) atoms. The Hall–Kier alpha value is -3.20. The molecule has 0 spiro atoms. The Morgan fingerprint density at radius 3 is 2.44 bits per heavy atom. The van der Waals surface area contributed by atoms with Crippen LogP contribution >= 0.6 is 11.6 Å². The van der Waals surface area contributed by atoms with Crippen LogP contribution in [0, 0.1) is 11.7 Å². The molecule has 1 unspecified atom stereocenters. The van der Waals surface area contributed by atoms with E-state index in [0.29, 0.717) is 46.9 Å². The summed E-state index contributed by atoms with van der Waals surface area (Å²) in [6, 6.07) is 12.8. The van der Waals surface area contributed by atoms with E-state index < -0.39 is 11.4 Å². The van der Waals surface area contributed by atoms with Crippen molar-refractivity contribution in [3.05, 3.63) is 76.2 Å². The fourth-order valence-electron chi connectivity index (χ4n) is 4.39. The van der Waals surface area contributed by atoms with Crippen LogP contribution in [0.2, 0.25) is 5.02 Å². The molecular formula is C30H36ClFN2O5. The van der Waals surface area contributed by atoms with Crippen LogP contribution in [-0.2, 0) is 12.0 Å². The van der Waals surface area contributed by atoms with Gasteiger partial charge in [-0.3, -0.25) is 4.79 Å². The maximum Gasteiger partial charge on any atom is 0.251 e. The first-order valence-electron chi connectivity index (χ1n) is 13.1. The lowest BCUT2D eigenvalue weighted by molar-refractivity contribution is 0.00953. The minimum absolute atomic E-state index is 0.0470. The smallest absolute Gasteiger partial charge is 0.251 e. The molecule has 1 aromatic heterocycles. The molecule has 1 atom stereocenters. The third-order valence-electron chi connectivity index (χ3n) is 6.64. The van der Waals surface area contributed by atoms with Crippen molar-refractivity contribution in [3.8, 4) is 22.8 Å². The molecule has 1 fully saturated rings. The van der Waals surface area contributed by atoms with Crippen molar-refractivity contribution in [3.63, 3.8) is 0 Å². The van der Waals surface area contributed by atoms with E-state index in [9.17, 15) is 14.3 Å². The van der Waals surface area contributed by atoms with Crippen molar-refractivity contribution < 1.29 is 28.9 Å². The number of carbonyl (C=O) groups excluding carboxylic acids is 1. The van der Waals surface area contributed by atoms with Gasteiger partial charge in [-0.1, -0.05) is 31.5 Å². The number of nitrogens with zero attached hydrogens (tertiary/aromatic N) is 1. The Morgan fingerprint density at radius 1 is 1.10 bits per heavy atom. The zero-order valence-corrected chi connectivity index (χ0v) is 23.5. The van der Waals surface area contributed by atoms with Gasteiger partial charge in [0.2, 0.25) is 0 Å². The zero-order valence-electron chi connectivity index (χ0n) is 22.8. The largest absolute Gasteiger partial charge is 0.496 e. The Balaban J connectivity index is 0.00000205. The predicted molar refractivity (Wildman–Crippen MR) is 150 cm³/mol. The molecule has 3 aromatic rings. The third-order valence-corrected chi connectivity index (χ3v) is 6.93. The van der Waals surface area contributed by atoms with E-state index in [1.54, 1.807) is 30.3 Å². The summed E-state index contributed by atoms with van der Waals surface area (Å²) in [4.78, 5) is 17.7. The van der Waals surface area contributed by atoms with Crippen LogP contribution in [0.1, 0.15) is 54.7 Å². The highest BCUT2D eigenvalue weighted by molar-refractivity contribution is 6.31. The average Bonchev–Trinajstić information content (AvgIpc) is 3.83. The number of amides is 1. The van der Waals surface area contributed by atoms with Crippen LogP contribution < -0.4 is 14.8 Å². The van der Waals surface area contributed by atoms with Gasteiger partial charge in [0.15, 0.2) is 0 Å². The van der Waals surface area contributed by atoms with E-state index in [1.165, 1.54) is 26.4 Å². The summed E-state index contributed by atoms with van der Waals surface area (Å²) in [6.07, 6.45) is 2.82. The monoisotopic (exact) mass is 558 g/mol. The number of halogens is 2. The van der Waals surface area contributed by atoms with E-state index in [1.807, 2.05) is 19.9 Å². The number of aliphatic hydroxyl groups is 2. The minimum atomic E-state index is -1.41. The van der Waals surface area contributed by atoms with E-state index in [4.69, 9.17) is 26.2 Å². The van der Waals surface area contributed by atoms with Gasteiger partial charge in [-0.2, -0.15) is 0 Å². The molecule has 0 bridgehead atoms. The second-order valence-corrected chi connectivity index (χ2v) is 9.52. The van der Waals surface area contributed by atoms with Crippen molar-refractivity contribution >= 4 is 17.5 Å². The molecular weight excluding hydrogens is 523 g/mol. The molecule has 210 valence electrons. The molecule has 2 aromatic carbocycles. The molecule has 1 amide bonds. The van der Waals surface area contributed by atoms with Gasteiger partial charge in [-0.05, 0) is 79.6 Å². The molecule has 4 rings (SSSR count). The summed E-state index contributed by atoms with van der Waals surface area (Å²) >= 11 is 5.99. The SMILES string of the molecule is CC.COc1cc(C(=O)NCC(O)(c2ccc(OC)c(-c3ccc(F)c(Cl)c3)n2)C2CC2)ccc1CCCO. The quantitative estimate of drug-likeness (QED) is 0.286. The van der Waals surface area contributed by atoms with Gasteiger partial charge in [0.25, 0.3) is 5.91 Å². The van der Waals surface area contributed by atoms with E-state index in [2.05, 4.69) is 10.3 Å². The molecule has 0 radical (unpaired) electrons. The number of aromatic nitrogens is 1. The summed E-state index contributed by atoms with van der Waals surface area (Å²) in [6.45, 7) is 4.02. The van der Waals surface area contributed by atoms with Gasteiger partial charge in [0.1, 0.15) is 28.6 Å². The highest BCUT2D eigenvalue weighted by Crippen LogP contribution is 2.46. The van der Waals surface area contributed by atoms with Crippen LogP contribution in [0.3, 0.4) is 0 Å². The normalized spacial score (nSPS) is 14.1. The van der Waals surface area contributed by atoms with Crippen molar-refractivity contribution in [2.45, 2.75) is 45.1 Å². The summed E-state index contributed by atoms with van der Waals surface area (Å²) in [5.74, 6) is 0.0367. The number of methoxy groups -OCH3 is 2. The second kappa shape index (κ2) is 13.7. The second-order valence-electron chi connectivity index (χ2n) is 9.11. The third kappa shape index (κ3) is 7.06. The molecule has 7 nitrogen and oxygen atoms in total. The Kier molecular flexibility index (Phi) is 10.7. The van der Waals surface area contributed by atoms with Crippen LogP contribution in [0.4, 0.5) is 4.39 Å². The van der Waals surface area contributed by atoms with Crippen LogP contribution in [-0.4, -0.2) is 48.5 Å². The number of aliphatic hydroxyl groups excluding tert-OH is 1. The lowest BCUT2D eigenvalue weighted by Crippen LogP contribution is -2.43. The van der Waals surface area contributed by atoms with E-state index in [-0.39, 0.29) is 30.0 Å². The number of hydrogen-bond acceptors (Lipinski definition) is 6. The topological polar surface area (TPSA) is 101 Å². The van der Waals surface area contributed by atoms with Crippen molar-refractivity contribution in [1.82, 2.24) is 10.3 Å². The summed E-state index contributed by atoms with van der Waals surface area (Å²) in [5.41, 5.74) is 1.22. The molecule has 9 heteroatoms. The first-order valence-corrected chi connectivity index (χ1v) is 13.5. The van der Waals surface area contributed by atoms with Crippen LogP contribution in [0.5, 0.6) is 11.5 Å². The van der Waals surface area contributed by atoms with Crippen molar-refractivity contribution in [2.75, 3.05) is 27.4 Å². The Morgan fingerprint density at radius 2 is 1.82 bits per heavy atom. The predicted octanol–water partition coefficient (Wildman–Crippen LogP) is 5.54. The van der Waals surface area contributed by atoms with E-state index >= 15 is 0 Å². The van der Waals surface area contributed by atoms with Gasteiger partial charge >= 0.3 is 0 Å². The lowest BCUT2D eigenvalue weighted by Gasteiger charge is -2.29. The van der Waals surface area contributed by atoms with Crippen LogP contribution in [0.25, 0.3) is 11.3 Å². The highest BCUT2D eigenvalue weighted by atomic mass is 35.5. The molecule has 1 heterocycles. The molecule has 1 saturated carbocycles. The number of pyridine rings is 1. The van der Waals surface area contributed by atoms with E-state index in [0.717, 1.165) is 18.4 Å². The summed E-state index contributed by atoms with van der Waals surface area (Å²) in [5, 5.41) is 23.6. The number of rotatable bonds is 11. The Bertz CT molecular complexity index is 1280. The molecule has 0 aliphatic heterocycles. The van der Waals surface area contributed by atoms with Gasteiger partial charge in [-0.15, -0.1) is 0 Å². The maximum atomic E-state index is 13.7. The minimum Gasteiger partial charge on any atom is -0.496 e. The number of carbonyl (C=O) groups is 1. The summed E-state index contributed by atoms with van der Waals surface area (Å²) in [7, 11) is 3.04. The number of hydrogen-bond donors (Lipinski definition) is 3. The van der Waals surface area contributed by atoms with Crippen molar-refractivity contribution in [2.24, 2.45) is 5.92 Å². The first-order chi connectivity index (χ1) is 18.8.